The van der Waals surface area contributed by atoms with E-state index in [1.54, 1.807) is 0 Å². The van der Waals surface area contributed by atoms with Gasteiger partial charge < -0.3 is 21.1 Å². The van der Waals surface area contributed by atoms with Gasteiger partial charge in [-0.15, -0.1) is 0 Å². The van der Waals surface area contributed by atoms with Gasteiger partial charge in [0, 0.05) is 38.0 Å². The summed E-state index contributed by atoms with van der Waals surface area (Å²) in [6, 6.07) is 0. The molecule has 2 unspecified atom stereocenters. The van der Waals surface area contributed by atoms with Crippen molar-refractivity contribution in [2.45, 2.75) is 128 Å². The van der Waals surface area contributed by atoms with Crippen LogP contribution in [0.2, 0.25) is 0 Å². The van der Waals surface area contributed by atoms with Crippen molar-refractivity contribution in [3.05, 3.63) is 12.2 Å². The van der Waals surface area contributed by atoms with Crippen LogP contribution in [0.5, 0.6) is 0 Å². The summed E-state index contributed by atoms with van der Waals surface area (Å²) in [5.41, 5.74) is -3.89. The Balaban J connectivity index is 2.52. The molecule has 11 heteroatoms. The molecule has 230 valence electrons. The zero-order chi connectivity index (χ0) is 30.5. The van der Waals surface area contributed by atoms with Crippen LogP contribution in [0.25, 0.3) is 0 Å². The Kier molecular flexibility index (Phi) is 13.5. The van der Waals surface area contributed by atoms with Crippen LogP contribution >= 0.6 is 0 Å². The van der Waals surface area contributed by atoms with Crippen molar-refractivity contribution in [2.75, 3.05) is 6.54 Å². The van der Waals surface area contributed by atoms with Gasteiger partial charge in [-0.05, 0) is 44.4 Å². The molecule has 0 aromatic heterocycles. The molecule has 11 nitrogen and oxygen atoms in total. The fraction of sp³-hybridized carbons (Fsp3) is 0.733. The third-order valence-electron chi connectivity index (χ3n) is 8.04. The van der Waals surface area contributed by atoms with Gasteiger partial charge in [0.2, 0.25) is 17.7 Å². The maximum Gasteiger partial charge on any atom is 0.333 e. The first-order chi connectivity index (χ1) is 19.5. The van der Waals surface area contributed by atoms with E-state index in [9.17, 15) is 33.9 Å². The van der Waals surface area contributed by atoms with Crippen molar-refractivity contribution in [3.8, 4) is 0 Å². The maximum atomic E-state index is 13.3. The Morgan fingerprint density at radius 2 is 1.22 bits per heavy atom. The lowest BCUT2D eigenvalue weighted by Gasteiger charge is -2.53. The van der Waals surface area contributed by atoms with Gasteiger partial charge in [-0.3, -0.25) is 28.9 Å². The topological polar surface area (TPSA) is 162 Å². The second-order valence-electron chi connectivity index (χ2n) is 11.4. The standard InChI is InChI=1S/C30H48N4O7/c1-4-7-10-13-23(35)31-29(28(40)41)19-18-22(21-34-26(38)16-17-27(34)39)20-30(29,32-24(36)14-11-8-5-2)33-25(37)15-12-9-6-3/h16-17,22H,4-15,18-21H2,1-3H3,(H,31,35)(H,32,36)(H,33,37)(H,40,41). The molecular formula is C30H48N4O7. The molecule has 1 fully saturated rings. The first-order valence-electron chi connectivity index (χ1n) is 15.2. The summed E-state index contributed by atoms with van der Waals surface area (Å²) in [5.74, 6) is -4.07. The number of aliphatic carboxylic acids is 1. The van der Waals surface area contributed by atoms with Crippen LogP contribution in [0.15, 0.2) is 12.2 Å². The molecule has 2 aliphatic rings. The Morgan fingerprint density at radius 1 is 0.780 bits per heavy atom. The van der Waals surface area contributed by atoms with Gasteiger partial charge in [0.1, 0.15) is 5.66 Å². The first kappa shape index (κ1) is 34.0. The third-order valence-corrected chi connectivity index (χ3v) is 8.04. The highest BCUT2D eigenvalue weighted by Gasteiger charge is 2.62. The van der Waals surface area contributed by atoms with Gasteiger partial charge in [0.25, 0.3) is 11.8 Å². The summed E-state index contributed by atoms with van der Waals surface area (Å²) < 4.78 is 0. The number of amides is 5. The summed E-state index contributed by atoms with van der Waals surface area (Å²) in [6.07, 6.45) is 9.57. The molecule has 5 amide bonds. The maximum absolute atomic E-state index is 13.3. The number of imide groups is 1. The van der Waals surface area contributed by atoms with Crippen molar-refractivity contribution in [1.82, 2.24) is 20.9 Å². The zero-order valence-electron chi connectivity index (χ0n) is 24.9. The second-order valence-corrected chi connectivity index (χ2v) is 11.4. The number of nitrogens with one attached hydrogen (secondary N) is 3. The monoisotopic (exact) mass is 576 g/mol. The number of unbranched alkanes of at least 4 members (excludes halogenated alkanes) is 6. The summed E-state index contributed by atoms with van der Waals surface area (Å²) in [4.78, 5) is 78.6. The average molecular weight is 577 g/mol. The molecule has 2 atom stereocenters. The van der Waals surface area contributed by atoms with E-state index in [0.717, 1.165) is 43.4 Å². The van der Waals surface area contributed by atoms with Gasteiger partial charge in [-0.1, -0.05) is 59.3 Å². The molecule has 0 spiro atoms. The minimum Gasteiger partial charge on any atom is -0.479 e. The highest BCUT2D eigenvalue weighted by molar-refractivity contribution is 6.12. The minimum atomic E-state index is -2.02. The number of carboxylic acids is 1. The van der Waals surface area contributed by atoms with Crippen LogP contribution < -0.4 is 16.0 Å². The molecule has 4 N–H and O–H groups in total. The Morgan fingerprint density at radius 3 is 1.63 bits per heavy atom. The second kappa shape index (κ2) is 16.3. The average Bonchev–Trinajstić information content (AvgIpc) is 3.22. The molecule has 1 aliphatic heterocycles. The molecule has 0 saturated heterocycles. The van der Waals surface area contributed by atoms with Crippen LogP contribution in [-0.4, -0.2) is 63.3 Å². The number of carboxylic acid groups (broad SMARTS) is 1. The van der Waals surface area contributed by atoms with E-state index in [2.05, 4.69) is 16.0 Å². The lowest BCUT2D eigenvalue weighted by atomic mass is 9.67. The Hall–Kier alpha value is -3.24. The number of carbonyl (C=O) groups is 6. The largest absolute Gasteiger partial charge is 0.479 e. The fourth-order valence-electron chi connectivity index (χ4n) is 5.74. The van der Waals surface area contributed by atoms with Crippen molar-refractivity contribution >= 4 is 35.5 Å². The Labute approximate surface area is 243 Å². The van der Waals surface area contributed by atoms with Gasteiger partial charge in [0.15, 0.2) is 5.54 Å². The van der Waals surface area contributed by atoms with Crippen LogP contribution in [0.3, 0.4) is 0 Å². The van der Waals surface area contributed by atoms with Crippen LogP contribution in [-0.2, 0) is 28.8 Å². The predicted molar refractivity (Wildman–Crippen MR) is 153 cm³/mol. The van der Waals surface area contributed by atoms with E-state index < -0.39 is 52.6 Å². The summed E-state index contributed by atoms with van der Waals surface area (Å²) in [6.45, 7) is 6.00. The SMILES string of the molecule is CCCCCC(=O)NC1(NC(=O)CCCCC)CC(CN2C(=O)C=CC2=O)CCC1(NC(=O)CCCCC)C(=O)O. The van der Waals surface area contributed by atoms with Crippen LogP contribution in [0.1, 0.15) is 117 Å². The number of nitrogens with zero attached hydrogens (tertiary/aromatic N) is 1. The number of hydrogen-bond acceptors (Lipinski definition) is 6. The molecular weight excluding hydrogens is 528 g/mol. The van der Waals surface area contributed by atoms with Crippen molar-refractivity contribution in [1.29, 1.82) is 0 Å². The predicted octanol–water partition coefficient (Wildman–Crippen LogP) is 3.32. The van der Waals surface area contributed by atoms with Gasteiger partial charge in [0.05, 0.1) is 0 Å². The van der Waals surface area contributed by atoms with E-state index in [1.807, 2.05) is 20.8 Å². The van der Waals surface area contributed by atoms with Gasteiger partial charge >= 0.3 is 5.97 Å². The Bertz CT molecular complexity index is 953. The molecule has 0 radical (unpaired) electrons. The third kappa shape index (κ3) is 9.13. The molecule has 1 aliphatic carbocycles. The first-order valence-corrected chi connectivity index (χ1v) is 15.2. The van der Waals surface area contributed by atoms with Crippen LogP contribution in [0, 0.1) is 5.92 Å². The van der Waals surface area contributed by atoms with E-state index in [1.165, 1.54) is 12.2 Å². The normalized spacial score (nSPS) is 21.5. The van der Waals surface area contributed by atoms with E-state index >= 15 is 0 Å². The van der Waals surface area contributed by atoms with Gasteiger partial charge in [-0.25, -0.2) is 4.79 Å². The lowest BCUT2D eigenvalue weighted by molar-refractivity contribution is -0.161. The molecule has 1 saturated carbocycles. The summed E-state index contributed by atoms with van der Waals surface area (Å²) >= 11 is 0. The highest BCUT2D eigenvalue weighted by Crippen LogP contribution is 2.40. The summed E-state index contributed by atoms with van der Waals surface area (Å²) in [7, 11) is 0. The lowest BCUT2D eigenvalue weighted by Crippen LogP contribution is -2.82. The van der Waals surface area contributed by atoms with E-state index in [-0.39, 0.29) is 45.1 Å². The smallest absolute Gasteiger partial charge is 0.333 e. The van der Waals surface area contributed by atoms with Crippen molar-refractivity contribution in [3.63, 3.8) is 0 Å². The van der Waals surface area contributed by atoms with Crippen molar-refractivity contribution < 1.29 is 33.9 Å². The van der Waals surface area contributed by atoms with E-state index in [4.69, 9.17) is 0 Å². The number of rotatable bonds is 18. The number of carbonyl (C=O) groups excluding carboxylic acids is 5. The molecule has 41 heavy (non-hydrogen) atoms. The van der Waals surface area contributed by atoms with Gasteiger partial charge in [-0.2, -0.15) is 0 Å². The molecule has 1 heterocycles. The number of hydrogen-bond donors (Lipinski definition) is 4. The summed E-state index contributed by atoms with van der Waals surface area (Å²) in [5, 5.41) is 19.2. The molecule has 0 bridgehead atoms. The molecule has 0 aromatic carbocycles. The minimum absolute atomic E-state index is 0.00394. The van der Waals surface area contributed by atoms with Crippen molar-refractivity contribution in [2.24, 2.45) is 5.92 Å². The molecule has 0 aromatic rings. The van der Waals surface area contributed by atoms with Crippen LogP contribution in [0.4, 0.5) is 0 Å². The van der Waals surface area contributed by atoms with E-state index in [0.29, 0.717) is 19.3 Å². The highest BCUT2D eigenvalue weighted by atomic mass is 16.4. The molecule has 2 rings (SSSR count). The zero-order valence-corrected chi connectivity index (χ0v) is 24.9. The fourth-order valence-corrected chi connectivity index (χ4v) is 5.74. The quantitative estimate of drug-likeness (QED) is 0.111.